The van der Waals surface area contributed by atoms with Gasteiger partial charge in [-0.1, -0.05) is 0 Å². The molecule has 0 radical (unpaired) electrons. The van der Waals surface area contributed by atoms with Crippen molar-refractivity contribution in [2.24, 2.45) is 0 Å². The van der Waals surface area contributed by atoms with Gasteiger partial charge in [-0.3, -0.25) is 0 Å². The maximum atomic E-state index is 12.8. The summed E-state index contributed by atoms with van der Waals surface area (Å²) in [5, 5.41) is 0. The number of hydrogen-bond acceptors (Lipinski definition) is 4. The molecule has 130 valence electrons. The lowest BCUT2D eigenvalue weighted by Gasteiger charge is -2.17. The average Bonchev–Trinajstić information content (AvgIpc) is 2.57. The van der Waals surface area contributed by atoms with Gasteiger partial charge in [-0.2, -0.15) is 4.31 Å². The molecule has 0 saturated heterocycles. The predicted molar refractivity (Wildman–Crippen MR) is 89.3 cm³/mol. The van der Waals surface area contributed by atoms with Crippen LogP contribution in [0.2, 0.25) is 0 Å². The first-order valence-corrected chi connectivity index (χ1v) is 8.95. The van der Waals surface area contributed by atoms with Crippen LogP contribution in [0.15, 0.2) is 53.4 Å². The Morgan fingerprint density at radius 3 is 2.08 bits per heavy atom. The van der Waals surface area contributed by atoms with Gasteiger partial charge >= 0.3 is 0 Å². The lowest BCUT2D eigenvalue weighted by molar-refractivity contribution is 0.286. The molecule has 0 spiro atoms. The highest BCUT2D eigenvalue weighted by atomic mass is 32.2. The zero-order valence-electron chi connectivity index (χ0n) is 13.6. The van der Waals surface area contributed by atoms with Crippen LogP contribution in [-0.2, 0) is 10.0 Å². The zero-order valence-corrected chi connectivity index (χ0v) is 14.4. The molecule has 7 heteroatoms. The van der Waals surface area contributed by atoms with E-state index in [0.29, 0.717) is 18.1 Å². The maximum Gasteiger partial charge on any atom is 0.242 e. The standard InChI is InChI=1S/C17H20FNO4S/c1-3-22-15-8-10-17(11-9-15)24(20,21)19(2)12-13-23-16-6-4-14(18)5-7-16/h4-11H,3,12-13H2,1-2H3. The van der Waals surface area contributed by atoms with E-state index >= 15 is 0 Å². The molecule has 2 aromatic carbocycles. The largest absolute Gasteiger partial charge is 0.494 e. The molecule has 2 rings (SSSR count). The molecule has 0 fully saturated rings. The number of likely N-dealkylation sites (N-methyl/N-ethyl adjacent to an activating group) is 1. The topological polar surface area (TPSA) is 55.8 Å². The van der Waals surface area contributed by atoms with Crippen LogP contribution >= 0.6 is 0 Å². The summed E-state index contributed by atoms with van der Waals surface area (Å²) in [5.74, 6) is 0.763. The molecule has 0 unspecified atom stereocenters. The first-order chi connectivity index (χ1) is 11.4. The van der Waals surface area contributed by atoms with Crippen LogP contribution < -0.4 is 9.47 Å². The predicted octanol–water partition coefficient (Wildman–Crippen LogP) is 2.92. The van der Waals surface area contributed by atoms with Gasteiger partial charge in [-0.05, 0) is 55.5 Å². The summed E-state index contributed by atoms with van der Waals surface area (Å²) in [6.45, 7) is 2.72. The molecule has 0 aliphatic heterocycles. The van der Waals surface area contributed by atoms with Crippen molar-refractivity contribution in [2.45, 2.75) is 11.8 Å². The van der Waals surface area contributed by atoms with E-state index in [-0.39, 0.29) is 23.9 Å². The highest BCUT2D eigenvalue weighted by Gasteiger charge is 2.20. The van der Waals surface area contributed by atoms with Crippen LogP contribution in [0.3, 0.4) is 0 Å². The van der Waals surface area contributed by atoms with Crippen molar-refractivity contribution in [1.29, 1.82) is 0 Å². The van der Waals surface area contributed by atoms with Crippen LogP contribution in [-0.4, -0.2) is 39.5 Å². The van der Waals surface area contributed by atoms with Crippen LogP contribution in [0.1, 0.15) is 6.92 Å². The Morgan fingerprint density at radius 2 is 1.50 bits per heavy atom. The second kappa shape index (κ2) is 8.12. The van der Waals surface area contributed by atoms with Crippen molar-refractivity contribution >= 4 is 10.0 Å². The van der Waals surface area contributed by atoms with E-state index in [0.717, 1.165) is 0 Å². The Labute approximate surface area is 141 Å². The van der Waals surface area contributed by atoms with Crippen molar-refractivity contribution < 1.29 is 22.3 Å². The molecule has 2 aromatic rings. The Kier molecular flexibility index (Phi) is 6.16. The molecule has 0 aliphatic rings. The molecular formula is C17H20FNO4S. The molecule has 0 amide bonds. The van der Waals surface area contributed by atoms with Crippen molar-refractivity contribution in [3.63, 3.8) is 0 Å². The molecule has 24 heavy (non-hydrogen) atoms. The van der Waals surface area contributed by atoms with Gasteiger partial charge in [-0.25, -0.2) is 12.8 Å². The highest BCUT2D eigenvalue weighted by Crippen LogP contribution is 2.19. The summed E-state index contributed by atoms with van der Waals surface area (Å²) in [6, 6.07) is 11.8. The summed E-state index contributed by atoms with van der Waals surface area (Å²) in [7, 11) is -2.11. The zero-order chi connectivity index (χ0) is 17.6. The highest BCUT2D eigenvalue weighted by molar-refractivity contribution is 7.89. The number of rotatable bonds is 8. The SMILES string of the molecule is CCOc1ccc(S(=O)(=O)N(C)CCOc2ccc(F)cc2)cc1. The second-order valence-electron chi connectivity index (χ2n) is 5.03. The normalized spacial score (nSPS) is 11.5. The van der Waals surface area contributed by atoms with E-state index in [1.165, 1.54) is 47.8 Å². The summed E-state index contributed by atoms with van der Waals surface area (Å²) >= 11 is 0. The van der Waals surface area contributed by atoms with Gasteiger partial charge in [0, 0.05) is 13.6 Å². The van der Waals surface area contributed by atoms with Gasteiger partial charge in [0.1, 0.15) is 23.9 Å². The van der Waals surface area contributed by atoms with Crippen molar-refractivity contribution in [3.8, 4) is 11.5 Å². The quantitative estimate of drug-likeness (QED) is 0.732. The third kappa shape index (κ3) is 4.69. The average molecular weight is 353 g/mol. The first kappa shape index (κ1) is 18.2. The minimum atomic E-state index is -3.59. The second-order valence-corrected chi connectivity index (χ2v) is 7.08. The van der Waals surface area contributed by atoms with Crippen LogP contribution in [0.4, 0.5) is 4.39 Å². The lowest BCUT2D eigenvalue weighted by atomic mass is 10.3. The minimum absolute atomic E-state index is 0.165. The number of halogens is 1. The van der Waals surface area contributed by atoms with Crippen molar-refractivity contribution in [1.82, 2.24) is 4.31 Å². The van der Waals surface area contributed by atoms with Gasteiger partial charge in [0.15, 0.2) is 0 Å². The number of hydrogen-bond donors (Lipinski definition) is 0. The van der Waals surface area contributed by atoms with E-state index in [1.54, 1.807) is 12.1 Å². The minimum Gasteiger partial charge on any atom is -0.494 e. The van der Waals surface area contributed by atoms with Crippen LogP contribution in [0, 0.1) is 5.82 Å². The first-order valence-electron chi connectivity index (χ1n) is 7.51. The molecule has 0 atom stereocenters. The molecule has 0 heterocycles. The fourth-order valence-electron chi connectivity index (χ4n) is 2.00. The third-order valence-corrected chi connectivity index (χ3v) is 5.20. The van der Waals surface area contributed by atoms with Gasteiger partial charge in [-0.15, -0.1) is 0 Å². The molecule has 0 N–H and O–H groups in total. The summed E-state index contributed by atoms with van der Waals surface area (Å²) in [5.41, 5.74) is 0. The summed E-state index contributed by atoms with van der Waals surface area (Å²) in [6.07, 6.45) is 0. The number of ether oxygens (including phenoxy) is 2. The molecule has 5 nitrogen and oxygen atoms in total. The van der Waals surface area contributed by atoms with E-state index < -0.39 is 10.0 Å². The van der Waals surface area contributed by atoms with E-state index in [1.807, 2.05) is 6.92 Å². The monoisotopic (exact) mass is 353 g/mol. The Hall–Kier alpha value is -2.12. The van der Waals surface area contributed by atoms with E-state index in [9.17, 15) is 12.8 Å². The van der Waals surface area contributed by atoms with E-state index in [2.05, 4.69) is 0 Å². The van der Waals surface area contributed by atoms with Gasteiger partial charge in [0.25, 0.3) is 0 Å². The summed E-state index contributed by atoms with van der Waals surface area (Å²) < 4.78 is 49.7. The lowest BCUT2D eigenvalue weighted by Crippen LogP contribution is -2.31. The summed E-state index contributed by atoms with van der Waals surface area (Å²) in [4.78, 5) is 0.190. The molecular weight excluding hydrogens is 333 g/mol. The molecule has 0 bridgehead atoms. The smallest absolute Gasteiger partial charge is 0.242 e. The van der Waals surface area contributed by atoms with Crippen LogP contribution in [0.5, 0.6) is 11.5 Å². The fourth-order valence-corrected chi connectivity index (χ4v) is 3.15. The van der Waals surface area contributed by atoms with E-state index in [4.69, 9.17) is 9.47 Å². The third-order valence-electron chi connectivity index (χ3n) is 3.33. The molecule has 0 saturated carbocycles. The fraction of sp³-hybridized carbons (Fsp3) is 0.294. The molecule has 0 aromatic heterocycles. The van der Waals surface area contributed by atoms with Crippen LogP contribution in [0.25, 0.3) is 0 Å². The van der Waals surface area contributed by atoms with Crippen molar-refractivity contribution in [2.75, 3.05) is 26.8 Å². The van der Waals surface area contributed by atoms with Gasteiger partial charge in [0.2, 0.25) is 10.0 Å². The number of benzene rings is 2. The Bertz CT molecular complexity index is 745. The molecule has 0 aliphatic carbocycles. The Balaban J connectivity index is 1.94. The van der Waals surface area contributed by atoms with Gasteiger partial charge in [0.05, 0.1) is 11.5 Å². The number of sulfonamides is 1. The maximum absolute atomic E-state index is 12.8. The van der Waals surface area contributed by atoms with Crippen molar-refractivity contribution in [3.05, 3.63) is 54.3 Å². The van der Waals surface area contributed by atoms with Gasteiger partial charge < -0.3 is 9.47 Å². The number of nitrogens with zero attached hydrogens (tertiary/aromatic N) is 1. The Morgan fingerprint density at radius 1 is 0.958 bits per heavy atom.